The topological polar surface area (TPSA) is 60.2 Å². The number of hydrogen-bond acceptors (Lipinski definition) is 5. The van der Waals surface area contributed by atoms with Crippen LogP contribution in [-0.4, -0.2) is 45.3 Å². The second kappa shape index (κ2) is 6.24. The Balaban J connectivity index is 1.70. The third-order valence-electron chi connectivity index (χ3n) is 4.70. The number of ether oxygens (including phenoxy) is 1. The molecule has 0 spiro atoms. The van der Waals surface area contributed by atoms with Crippen LogP contribution in [-0.2, 0) is 16.1 Å². The molecule has 0 saturated heterocycles. The summed E-state index contributed by atoms with van der Waals surface area (Å²) in [5, 5.41) is 6.86. The molecule has 25 heavy (non-hydrogen) atoms. The lowest BCUT2D eigenvalue weighted by Gasteiger charge is -2.33. The van der Waals surface area contributed by atoms with E-state index in [0.717, 1.165) is 27.2 Å². The van der Waals surface area contributed by atoms with Crippen LogP contribution in [0.4, 0.5) is 0 Å². The molecule has 3 aromatic rings. The normalized spacial score (nSPS) is 18.4. The Morgan fingerprint density at radius 2 is 2.28 bits per heavy atom. The number of fused-ring (bicyclic) bond motifs is 2. The number of pyridine rings is 1. The van der Waals surface area contributed by atoms with Gasteiger partial charge in [0.1, 0.15) is 6.10 Å². The number of methoxy groups -OCH3 is 1. The highest BCUT2D eigenvalue weighted by molar-refractivity contribution is 7.17. The third kappa shape index (κ3) is 2.73. The largest absolute Gasteiger partial charge is 0.372 e. The average molecular weight is 356 g/mol. The predicted molar refractivity (Wildman–Crippen MR) is 97.4 cm³/mol. The number of amides is 1. The van der Waals surface area contributed by atoms with E-state index in [4.69, 9.17) is 9.84 Å². The second-order valence-electron chi connectivity index (χ2n) is 6.40. The number of carbonyl (C=O) groups excluding carboxylic acids is 1. The fraction of sp³-hybridized carbons (Fsp3) is 0.389. The first-order valence-electron chi connectivity index (χ1n) is 8.31. The molecule has 1 aliphatic heterocycles. The zero-order valence-corrected chi connectivity index (χ0v) is 15.3. The van der Waals surface area contributed by atoms with E-state index in [1.807, 2.05) is 33.3 Å². The van der Waals surface area contributed by atoms with Gasteiger partial charge in [-0.15, -0.1) is 11.3 Å². The SMILES string of the molecule is COC(C)C(=O)N1Cc2cc(-c3ccnc4ccsc34)nn2[C@@H](C)C1. The van der Waals surface area contributed by atoms with Crippen molar-refractivity contribution < 1.29 is 9.53 Å². The summed E-state index contributed by atoms with van der Waals surface area (Å²) in [6, 6.07) is 6.25. The number of rotatable bonds is 3. The van der Waals surface area contributed by atoms with E-state index in [1.54, 1.807) is 25.4 Å². The molecule has 0 radical (unpaired) electrons. The van der Waals surface area contributed by atoms with Crippen LogP contribution in [0.2, 0.25) is 0 Å². The van der Waals surface area contributed by atoms with Gasteiger partial charge in [0.25, 0.3) is 5.91 Å². The number of thiophene rings is 1. The van der Waals surface area contributed by atoms with E-state index in [1.165, 1.54) is 0 Å². The van der Waals surface area contributed by atoms with Crippen molar-refractivity contribution in [1.82, 2.24) is 19.7 Å². The maximum atomic E-state index is 12.5. The lowest BCUT2D eigenvalue weighted by atomic mass is 10.1. The molecular formula is C18H20N4O2S. The molecule has 2 atom stereocenters. The minimum absolute atomic E-state index is 0.0212. The van der Waals surface area contributed by atoms with E-state index in [0.29, 0.717) is 13.1 Å². The summed E-state index contributed by atoms with van der Waals surface area (Å²) < 4.78 is 8.37. The van der Waals surface area contributed by atoms with Gasteiger partial charge in [-0.05, 0) is 37.4 Å². The number of nitrogens with zero attached hydrogens (tertiary/aromatic N) is 4. The molecule has 0 aromatic carbocycles. The highest BCUT2D eigenvalue weighted by Crippen LogP contribution is 2.33. The quantitative estimate of drug-likeness (QED) is 0.723. The van der Waals surface area contributed by atoms with Crippen molar-refractivity contribution in [2.75, 3.05) is 13.7 Å². The van der Waals surface area contributed by atoms with Crippen molar-refractivity contribution in [2.45, 2.75) is 32.5 Å². The van der Waals surface area contributed by atoms with Gasteiger partial charge >= 0.3 is 0 Å². The van der Waals surface area contributed by atoms with Gasteiger partial charge in [0.05, 0.1) is 34.2 Å². The molecule has 7 heteroatoms. The maximum absolute atomic E-state index is 12.5. The molecule has 4 heterocycles. The second-order valence-corrected chi connectivity index (χ2v) is 7.32. The Kier molecular flexibility index (Phi) is 4.05. The van der Waals surface area contributed by atoms with Gasteiger partial charge in [0.15, 0.2) is 0 Å². The molecule has 0 fully saturated rings. The molecule has 4 rings (SSSR count). The van der Waals surface area contributed by atoms with Gasteiger partial charge in [-0.25, -0.2) is 0 Å². The van der Waals surface area contributed by atoms with Crippen LogP contribution in [0.1, 0.15) is 25.6 Å². The van der Waals surface area contributed by atoms with Crippen molar-refractivity contribution in [3.05, 3.63) is 35.5 Å². The van der Waals surface area contributed by atoms with Crippen molar-refractivity contribution >= 4 is 27.5 Å². The van der Waals surface area contributed by atoms with Crippen LogP contribution in [0.5, 0.6) is 0 Å². The molecule has 0 aliphatic carbocycles. The molecule has 0 saturated carbocycles. The van der Waals surface area contributed by atoms with Crippen molar-refractivity contribution in [3.63, 3.8) is 0 Å². The molecule has 1 unspecified atom stereocenters. The Hall–Kier alpha value is -2.25. The molecule has 0 bridgehead atoms. The smallest absolute Gasteiger partial charge is 0.251 e. The minimum Gasteiger partial charge on any atom is -0.372 e. The van der Waals surface area contributed by atoms with Crippen molar-refractivity contribution in [2.24, 2.45) is 0 Å². The zero-order valence-electron chi connectivity index (χ0n) is 14.5. The number of hydrogen-bond donors (Lipinski definition) is 0. The summed E-state index contributed by atoms with van der Waals surface area (Å²) >= 11 is 1.68. The molecule has 1 amide bonds. The summed E-state index contributed by atoms with van der Waals surface area (Å²) in [5.41, 5.74) is 4.07. The van der Waals surface area contributed by atoms with Crippen LogP contribution < -0.4 is 0 Å². The van der Waals surface area contributed by atoms with E-state index >= 15 is 0 Å². The molecule has 6 nitrogen and oxygen atoms in total. The lowest BCUT2D eigenvalue weighted by Crippen LogP contribution is -2.44. The van der Waals surface area contributed by atoms with Gasteiger partial charge in [-0.3, -0.25) is 14.5 Å². The highest BCUT2D eigenvalue weighted by atomic mass is 32.1. The Morgan fingerprint density at radius 3 is 3.08 bits per heavy atom. The van der Waals surface area contributed by atoms with E-state index in [2.05, 4.69) is 18.0 Å². The molecule has 3 aromatic heterocycles. The van der Waals surface area contributed by atoms with Gasteiger partial charge in [0.2, 0.25) is 0 Å². The summed E-state index contributed by atoms with van der Waals surface area (Å²) in [5.74, 6) is 0.0212. The van der Waals surface area contributed by atoms with E-state index in [9.17, 15) is 4.79 Å². The van der Waals surface area contributed by atoms with E-state index < -0.39 is 6.10 Å². The van der Waals surface area contributed by atoms with E-state index in [-0.39, 0.29) is 11.9 Å². The van der Waals surface area contributed by atoms with Crippen LogP contribution >= 0.6 is 11.3 Å². The summed E-state index contributed by atoms with van der Waals surface area (Å²) in [4.78, 5) is 18.7. The van der Waals surface area contributed by atoms with Crippen LogP contribution in [0.25, 0.3) is 21.5 Å². The number of aromatic nitrogens is 3. The Labute approximate surface area is 150 Å². The standard InChI is InChI=1S/C18H20N4O2S/c1-11-9-21(18(23)12(2)24-3)10-13-8-16(20-22(11)13)14-4-6-19-15-5-7-25-17(14)15/h4-8,11-12H,9-10H2,1-3H3/t11-,12?/m0/s1. The highest BCUT2D eigenvalue weighted by Gasteiger charge is 2.29. The maximum Gasteiger partial charge on any atom is 0.251 e. The number of carbonyl (C=O) groups is 1. The van der Waals surface area contributed by atoms with Crippen molar-refractivity contribution in [3.8, 4) is 11.3 Å². The monoisotopic (exact) mass is 356 g/mol. The third-order valence-corrected chi connectivity index (χ3v) is 5.64. The van der Waals surface area contributed by atoms with Crippen LogP contribution in [0.15, 0.2) is 29.8 Å². The summed E-state index contributed by atoms with van der Waals surface area (Å²) in [6.07, 6.45) is 1.40. The fourth-order valence-corrected chi connectivity index (χ4v) is 4.20. The first-order chi connectivity index (χ1) is 12.1. The van der Waals surface area contributed by atoms with Crippen LogP contribution in [0.3, 0.4) is 0 Å². The van der Waals surface area contributed by atoms with Crippen LogP contribution in [0, 0.1) is 0 Å². The van der Waals surface area contributed by atoms with Crippen molar-refractivity contribution in [1.29, 1.82) is 0 Å². The Bertz CT molecular complexity index is 932. The van der Waals surface area contributed by atoms with Gasteiger partial charge in [-0.2, -0.15) is 5.10 Å². The van der Waals surface area contributed by atoms with Gasteiger partial charge in [0, 0.05) is 25.4 Å². The first-order valence-corrected chi connectivity index (χ1v) is 9.19. The Morgan fingerprint density at radius 1 is 1.44 bits per heavy atom. The minimum atomic E-state index is -0.424. The lowest BCUT2D eigenvalue weighted by molar-refractivity contribution is -0.143. The van der Waals surface area contributed by atoms with Gasteiger partial charge < -0.3 is 9.64 Å². The predicted octanol–water partition coefficient (Wildman–Crippen LogP) is 3.10. The molecule has 1 aliphatic rings. The fourth-order valence-electron chi connectivity index (χ4n) is 3.32. The molecule has 0 N–H and O–H groups in total. The molecule has 130 valence electrons. The molecular weight excluding hydrogens is 336 g/mol. The average Bonchev–Trinajstić information content (AvgIpc) is 3.26. The van der Waals surface area contributed by atoms with Gasteiger partial charge in [-0.1, -0.05) is 0 Å². The first kappa shape index (κ1) is 16.2. The summed E-state index contributed by atoms with van der Waals surface area (Å²) in [6.45, 7) is 5.08. The zero-order chi connectivity index (χ0) is 17.6. The summed E-state index contributed by atoms with van der Waals surface area (Å²) in [7, 11) is 1.56.